The van der Waals surface area contributed by atoms with Crippen LogP contribution in [-0.4, -0.2) is 20.8 Å². The molecule has 0 N–H and O–H groups in total. The van der Waals surface area contributed by atoms with Gasteiger partial charge in [0.15, 0.2) is 0 Å². The van der Waals surface area contributed by atoms with Gasteiger partial charge in [-0.15, -0.1) is 0 Å². The van der Waals surface area contributed by atoms with Crippen LogP contribution in [0, 0.1) is 0 Å². The van der Waals surface area contributed by atoms with Crippen LogP contribution in [0.15, 0.2) is 0 Å². The number of rotatable bonds is 5. The molecule has 3 nitrogen and oxygen atoms in total. The fourth-order valence-electron chi connectivity index (χ4n) is 0.346. The fourth-order valence-corrected chi connectivity index (χ4v) is 1.04. The molecule has 0 amide bonds. The zero-order valence-corrected chi connectivity index (χ0v) is 6.98. The van der Waals surface area contributed by atoms with Crippen molar-refractivity contribution in [3.63, 3.8) is 0 Å². The molecule has 0 atom stereocenters. The lowest BCUT2D eigenvalue weighted by atomic mass is 10.5. The molecule has 56 valence electrons. The van der Waals surface area contributed by atoms with Gasteiger partial charge in [0.25, 0.3) is 0 Å². The van der Waals surface area contributed by atoms with Crippen molar-refractivity contribution in [3.05, 3.63) is 0 Å². The van der Waals surface area contributed by atoms with Crippen LogP contribution in [0.1, 0.15) is 13.3 Å². The van der Waals surface area contributed by atoms with Gasteiger partial charge in [0.1, 0.15) is 0 Å². The molecule has 0 bridgehead atoms. The molecule has 0 aliphatic rings. The third kappa shape index (κ3) is 4.79. The SMILES string of the molecule is CCCOP(OC)OC. The highest BCUT2D eigenvalue weighted by atomic mass is 31.2. The molecular weight excluding hydrogens is 139 g/mol. The van der Waals surface area contributed by atoms with Gasteiger partial charge in [0.2, 0.25) is 0 Å². The summed E-state index contributed by atoms with van der Waals surface area (Å²) in [5.74, 6) is 0. The molecule has 9 heavy (non-hydrogen) atoms. The second-order valence-corrected chi connectivity index (χ2v) is 2.86. The van der Waals surface area contributed by atoms with Crippen molar-refractivity contribution >= 4 is 8.60 Å². The average Bonchev–Trinajstić information content (AvgIpc) is 1.91. The summed E-state index contributed by atoms with van der Waals surface area (Å²) in [5, 5.41) is 0. The average molecular weight is 152 g/mol. The Balaban J connectivity index is 3.09. The van der Waals surface area contributed by atoms with Crippen LogP contribution < -0.4 is 0 Å². The number of hydrogen-bond donors (Lipinski definition) is 0. The maximum Gasteiger partial charge on any atom is 0.332 e. The van der Waals surface area contributed by atoms with Crippen molar-refractivity contribution in [2.75, 3.05) is 20.8 Å². The Labute approximate surface area is 57.3 Å². The first kappa shape index (κ1) is 9.31. The van der Waals surface area contributed by atoms with Gasteiger partial charge < -0.3 is 13.6 Å². The van der Waals surface area contributed by atoms with Crippen molar-refractivity contribution in [2.24, 2.45) is 0 Å². The normalized spacial score (nSPS) is 10.7. The van der Waals surface area contributed by atoms with Gasteiger partial charge in [-0.2, -0.15) is 0 Å². The fraction of sp³-hybridized carbons (Fsp3) is 1.00. The summed E-state index contributed by atoms with van der Waals surface area (Å²) in [6, 6.07) is 0. The molecule has 0 aromatic carbocycles. The van der Waals surface area contributed by atoms with Crippen LogP contribution in [0.4, 0.5) is 0 Å². The van der Waals surface area contributed by atoms with E-state index < -0.39 is 8.60 Å². The Morgan fingerprint density at radius 1 is 1.22 bits per heavy atom. The molecule has 0 rings (SSSR count). The monoisotopic (exact) mass is 152 g/mol. The Morgan fingerprint density at radius 3 is 2.11 bits per heavy atom. The van der Waals surface area contributed by atoms with E-state index in [1.807, 2.05) is 6.92 Å². The predicted octanol–water partition coefficient (Wildman–Crippen LogP) is 1.93. The molecular formula is C5H13O3P. The van der Waals surface area contributed by atoms with Crippen LogP contribution in [0.5, 0.6) is 0 Å². The zero-order chi connectivity index (χ0) is 7.11. The van der Waals surface area contributed by atoms with Gasteiger partial charge in [-0.05, 0) is 6.42 Å². The minimum Gasteiger partial charge on any atom is -0.316 e. The molecule has 4 heteroatoms. The summed E-state index contributed by atoms with van der Waals surface area (Å²) in [6.45, 7) is 2.74. The van der Waals surface area contributed by atoms with E-state index in [4.69, 9.17) is 13.6 Å². The largest absolute Gasteiger partial charge is 0.332 e. The van der Waals surface area contributed by atoms with Crippen LogP contribution in [-0.2, 0) is 13.6 Å². The highest BCUT2D eigenvalue weighted by molar-refractivity contribution is 7.41. The molecule has 0 aromatic rings. The summed E-state index contributed by atoms with van der Waals surface area (Å²) in [6.07, 6.45) is 0.992. The van der Waals surface area contributed by atoms with E-state index in [0.717, 1.165) is 6.42 Å². The lowest BCUT2D eigenvalue weighted by Gasteiger charge is -2.09. The Morgan fingerprint density at radius 2 is 1.78 bits per heavy atom. The molecule has 0 aliphatic heterocycles. The Kier molecular flexibility index (Phi) is 6.65. The lowest BCUT2D eigenvalue weighted by Crippen LogP contribution is -1.90. The highest BCUT2D eigenvalue weighted by Crippen LogP contribution is 2.36. The second kappa shape index (κ2) is 6.43. The first-order valence-corrected chi connectivity index (χ1v) is 3.96. The predicted molar refractivity (Wildman–Crippen MR) is 37.2 cm³/mol. The summed E-state index contributed by atoms with van der Waals surface area (Å²) < 4.78 is 14.8. The van der Waals surface area contributed by atoms with Crippen molar-refractivity contribution in [2.45, 2.75) is 13.3 Å². The van der Waals surface area contributed by atoms with Gasteiger partial charge in [0.05, 0.1) is 6.61 Å². The minimum absolute atomic E-state index is 0.702. The molecule has 0 radical (unpaired) electrons. The van der Waals surface area contributed by atoms with Crippen LogP contribution >= 0.6 is 8.60 Å². The van der Waals surface area contributed by atoms with E-state index in [1.54, 1.807) is 14.2 Å². The first-order valence-electron chi connectivity index (χ1n) is 2.86. The third-order valence-electron chi connectivity index (χ3n) is 0.699. The topological polar surface area (TPSA) is 27.7 Å². The van der Waals surface area contributed by atoms with Gasteiger partial charge >= 0.3 is 8.60 Å². The summed E-state index contributed by atoms with van der Waals surface area (Å²) >= 11 is 0. The molecule has 0 saturated carbocycles. The second-order valence-electron chi connectivity index (χ2n) is 1.42. The maximum atomic E-state index is 5.11. The van der Waals surface area contributed by atoms with Crippen molar-refractivity contribution in [1.82, 2.24) is 0 Å². The molecule has 0 fully saturated rings. The van der Waals surface area contributed by atoms with E-state index in [9.17, 15) is 0 Å². The van der Waals surface area contributed by atoms with Crippen molar-refractivity contribution in [3.8, 4) is 0 Å². The van der Waals surface area contributed by atoms with Gasteiger partial charge in [-0.25, -0.2) is 0 Å². The highest BCUT2D eigenvalue weighted by Gasteiger charge is 2.04. The molecule has 0 aliphatic carbocycles. The summed E-state index contributed by atoms with van der Waals surface area (Å²) in [5.41, 5.74) is 0. The van der Waals surface area contributed by atoms with E-state index >= 15 is 0 Å². The summed E-state index contributed by atoms with van der Waals surface area (Å²) in [4.78, 5) is 0. The quantitative estimate of drug-likeness (QED) is 0.563. The van der Waals surface area contributed by atoms with Gasteiger partial charge in [-0.1, -0.05) is 6.92 Å². The third-order valence-corrected chi connectivity index (χ3v) is 1.69. The molecule has 0 aromatic heterocycles. The van der Waals surface area contributed by atoms with Gasteiger partial charge in [0, 0.05) is 14.2 Å². The zero-order valence-electron chi connectivity index (χ0n) is 6.09. The van der Waals surface area contributed by atoms with Crippen molar-refractivity contribution < 1.29 is 13.6 Å². The molecule has 0 spiro atoms. The molecule has 0 saturated heterocycles. The van der Waals surface area contributed by atoms with Crippen molar-refractivity contribution in [1.29, 1.82) is 0 Å². The maximum absolute atomic E-state index is 5.11. The van der Waals surface area contributed by atoms with E-state index in [1.165, 1.54) is 0 Å². The Hall–Kier alpha value is 0.310. The lowest BCUT2D eigenvalue weighted by molar-refractivity contribution is 0.206. The Bertz CT molecular complexity index is 56.2. The van der Waals surface area contributed by atoms with E-state index in [0.29, 0.717) is 6.61 Å². The van der Waals surface area contributed by atoms with Crippen LogP contribution in [0.3, 0.4) is 0 Å². The molecule has 0 unspecified atom stereocenters. The summed E-state index contributed by atoms with van der Waals surface area (Å²) in [7, 11) is 2.09. The van der Waals surface area contributed by atoms with E-state index in [2.05, 4.69) is 0 Å². The smallest absolute Gasteiger partial charge is 0.316 e. The first-order chi connectivity index (χ1) is 4.35. The van der Waals surface area contributed by atoms with Crippen LogP contribution in [0.25, 0.3) is 0 Å². The molecule has 0 heterocycles. The standard InChI is InChI=1S/C5H13O3P/c1-4-5-8-9(6-2)7-3/h4-5H2,1-3H3. The van der Waals surface area contributed by atoms with Crippen LogP contribution in [0.2, 0.25) is 0 Å². The minimum atomic E-state index is -1.06. The number of hydrogen-bond acceptors (Lipinski definition) is 3. The van der Waals surface area contributed by atoms with E-state index in [-0.39, 0.29) is 0 Å². The van der Waals surface area contributed by atoms with Gasteiger partial charge in [-0.3, -0.25) is 0 Å².